The first-order chi connectivity index (χ1) is 7.22. The van der Waals surface area contributed by atoms with Gasteiger partial charge >= 0.3 is 5.97 Å². The van der Waals surface area contributed by atoms with E-state index in [1.54, 1.807) is 12.1 Å². The molecular formula is C11H11BrO3. The van der Waals surface area contributed by atoms with Gasteiger partial charge in [-0.25, -0.2) is 4.79 Å². The number of carbonyl (C=O) groups is 1. The number of allylic oxidation sites excluding steroid dienone is 1. The van der Waals surface area contributed by atoms with E-state index < -0.39 is 5.97 Å². The SMILES string of the molecule is O=C(O)COc1ccc(C=CCBr)cc1. The summed E-state index contributed by atoms with van der Waals surface area (Å²) < 4.78 is 4.99. The Balaban J connectivity index is 2.56. The molecule has 0 spiro atoms. The number of hydrogen-bond acceptors (Lipinski definition) is 2. The molecule has 0 saturated heterocycles. The summed E-state index contributed by atoms with van der Waals surface area (Å²) in [5.41, 5.74) is 1.05. The number of alkyl halides is 1. The third kappa shape index (κ3) is 4.65. The van der Waals surface area contributed by atoms with Crippen LogP contribution in [-0.4, -0.2) is 23.0 Å². The van der Waals surface area contributed by atoms with Crippen molar-refractivity contribution < 1.29 is 14.6 Å². The summed E-state index contributed by atoms with van der Waals surface area (Å²) in [6.45, 7) is -0.309. The van der Waals surface area contributed by atoms with Gasteiger partial charge in [-0.15, -0.1) is 0 Å². The van der Waals surface area contributed by atoms with Crippen molar-refractivity contribution in [2.45, 2.75) is 0 Å². The molecule has 0 aliphatic heterocycles. The van der Waals surface area contributed by atoms with E-state index in [0.717, 1.165) is 10.9 Å². The molecule has 1 aromatic rings. The Hall–Kier alpha value is -1.29. The van der Waals surface area contributed by atoms with Crippen molar-refractivity contribution in [3.8, 4) is 5.75 Å². The van der Waals surface area contributed by atoms with Crippen LogP contribution in [0.4, 0.5) is 0 Å². The zero-order valence-electron chi connectivity index (χ0n) is 8.02. The second-order valence-electron chi connectivity index (χ2n) is 2.81. The normalized spacial score (nSPS) is 10.5. The lowest BCUT2D eigenvalue weighted by atomic mass is 10.2. The van der Waals surface area contributed by atoms with Crippen molar-refractivity contribution >= 4 is 28.0 Å². The van der Waals surface area contributed by atoms with E-state index in [1.165, 1.54) is 0 Å². The van der Waals surface area contributed by atoms with Crippen molar-refractivity contribution in [3.63, 3.8) is 0 Å². The summed E-state index contributed by atoms with van der Waals surface area (Å²) in [5.74, 6) is -0.411. The van der Waals surface area contributed by atoms with E-state index in [4.69, 9.17) is 9.84 Å². The highest BCUT2D eigenvalue weighted by molar-refractivity contribution is 9.09. The first kappa shape index (κ1) is 11.8. The second kappa shape index (κ2) is 6.24. The lowest BCUT2D eigenvalue weighted by Crippen LogP contribution is -2.09. The number of rotatable bonds is 5. The molecular weight excluding hydrogens is 260 g/mol. The highest BCUT2D eigenvalue weighted by Crippen LogP contribution is 2.13. The molecule has 0 unspecified atom stereocenters. The highest BCUT2D eigenvalue weighted by Gasteiger charge is 1.98. The maximum atomic E-state index is 10.2. The van der Waals surface area contributed by atoms with Gasteiger partial charge in [-0.2, -0.15) is 0 Å². The van der Waals surface area contributed by atoms with Crippen molar-refractivity contribution in [1.29, 1.82) is 0 Å². The number of aliphatic carboxylic acids is 1. The van der Waals surface area contributed by atoms with Crippen LogP contribution >= 0.6 is 15.9 Å². The van der Waals surface area contributed by atoms with Crippen LogP contribution in [-0.2, 0) is 4.79 Å². The molecule has 4 heteroatoms. The fourth-order valence-electron chi connectivity index (χ4n) is 1.00. The van der Waals surface area contributed by atoms with Crippen molar-refractivity contribution in [1.82, 2.24) is 0 Å². The molecule has 0 amide bonds. The van der Waals surface area contributed by atoms with Crippen molar-refractivity contribution in [3.05, 3.63) is 35.9 Å². The van der Waals surface area contributed by atoms with Gasteiger partial charge in [0.05, 0.1) is 0 Å². The third-order valence-corrected chi connectivity index (χ3v) is 2.02. The lowest BCUT2D eigenvalue weighted by Gasteiger charge is -2.02. The van der Waals surface area contributed by atoms with E-state index in [2.05, 4.69) is 15.9 Å². The van der Waals surface area contributed by atoms with Gasteiger partial charge in [-0.3, -0.25) is 0 Å². The Morgan fingerprint density at radius 3 is 2.60 bits per heavy atom. The van der Waals surface area contributed by atoms with Crippen LogP contribution < -0.4 is 4.74 Å². The molecule has 80 valence electrons. The maximum Gasteiger partial charge on any atom is 0.341 e. The van der Waals surface area contributed by atoms with Gasteiger partial charge in [0.2, 0.25) is 0 Å². The van der Waals surface area contributed by atoms with Crippen LogP contribution in [0.25, 0.3) is 6.08 Å². The second-order valence-corrected chi connectivity index (χ2v) is 3.46. The summed E-state index contributed by atoms with van der Waals surface area (Å²) in [6.07, 6.45) is 3.95. The number of ether oxygens (including phenoxy) is 1. The average molecular weight is 271 g/mol. The van der Waals surface area contributed by atoms with Crippen LogP contribution in [0.15, 0.2) is 30.3 Å². The molecule has 0 fully saturated rings. The van der Waals surface area contributed by atoms with Crippen LogP contribution in [0.1, 0.15) is 5.56 Å². The first-order valence-electron chi connectivity index (χ1n) is 4.39. The van der Waals surface area contributed by atoms with E-state index in [1.807, 2.05) is 24.3 Å². The monoisotopic (exact) mass is 270 g/mol. The quantitative estimate of drug-likeness (QED) is 0.837. The fraction of sp³-hybridized carbons (Fsp3) is 0.182. The zero-order valence-corrected chi connectivity index (χ0v) is 9.61. The number of carboxylic acids is 1. The van der Waals surface area contributed by atoms with Crippen LogP contribution in [0, 0.1) is 0 Å². The highest BCUT2D eigenvalue weighted by atomic mass is 79.9. The Kier molecular flexibility index (Phi) is 4.90. The minimum Gasteiger partial charge on any atom is -0.482 e. The zero-order chi connectivity index (χ0) is 11.1. The summed E-state index contributed by atoms with van der Waals surface area (Å²) in [4.78, 5) is 10.2. The fourth-order valence-corrected chi connectivity index (χ4v) is 1.19. The van der Waals surface area contributed by atoms with Crippen LogP contribution in [0.5, 0.6) is 5.75 Å². The summed E-state index contributed by atoms with van der Waals surface area (Å²) >= 11 is 3.29. The molecule has 0 aliphatic carbocycles. The third-order valence-electron chi connectivity index (χ3n) is 1.64. The number of carboxylic acid groups (broad SMARTS) is 1. The number of hydrogen-bond donors (Lipinski definition) is 1. The van der Waals surface area contributed by atoms with Gasteiger partial charge in [0.15, 0.2) is 6.61 Å². The Bertz CT molecular complexity index is 343. The van der Waals surface area contributed by atoms with Gasteiger partial charge in [0, 0.05) is 5.33 Å². The standard InChI is InChI=1S/C11H11BrO3/c12-7-1-2-9-3-5-10(6-4-9)15-8-11(13)14/h1-6H,7-8H2,(H,13,14). The van der Waals surface area contributed by atoms with Gasteiger partial charge in [-0.1, -0.05) is 40.2 Å². The molecule has 1 aromatic carbocycles. The maximum absolute atomic E-state index is 10.2. The molecule has 0 atom stereocenters. The van der Waals surface area contributed by atoms with Crippen LogP contribution in [0.3, 0.4) is 0 Å². The van der Waals surface area contributed by atoms with E-state index in [-0.39, 0.29) is 6.61 Å². The molecule has 1 rings (SSSR count). The topological polar surface area (TPSA) is 46.5 Å². The summed E-state index contributed by atoms with van der Waals surface area (Å²) in [6, 6.07) is 7.24. The van der Waals surface area contributed by atoms with Crippen LogP contribution in [0.2, 0.25) is 0 Å². The van der Waals surface area contributed by atoms with Crippen molar-refractivity contribution in [2.75, 3.05) is 11.9 Å². The number of benzene rings is 1. The largest absolute Gasteiger partial charge is 0.482 e. The number of halogens is 1. The molecule has 0 bridgehead atoms. The van der Waals surface area contributed by atoms with E-state index in [0.29, 0.717) is 5.75 Å². The average Bonchev–Trinajstić information content (AvgIpc) is 2.25. The van der Waals surface area contributed by atoms with Gasteiger partial charge in [0.1, 0.15) is 5.75 Å². The Morgan fingerprint density at radius 2 is 2.07 bits per heavy atom. The first-order valence-corrected chi connectivity index (χ1v) is 5.51. The summed E-state index contributed by atoms with van der Waals surface area (Å²) in [7, 11) is 0. The lowest BCUT2D eigenvalue weighted by molar-refractivity contribution is -0.139. The molecule has 3 nitrogen and oxygen atoms in total. The minimum absolute atomic E-state index is 0.309. The Morgan fingerprint density at radius 1 is 1.40 bits per heavy atom. The molecule has 1 N–H and O–H groups in total. The van der Waals surface area contributed by atoms with E-state index >= 15 is 0 Å². The predicted octanol–water partition coefficient (Wildman–Crippen LogP) is 2.56. The minimum atomic E-state index is -0.974. The molecule has 0 aliphatic rings. The molecule has 0 aromatic heterocycles. The smallest absolute Gasteiger partial charge is 0.341 e. The van der Waals surface area contributed by atoms with Crippen molar-refractivity contribution in [2.24, 2.45) is 0 Å². The summed E-state index contributed by atoms with van der Waals surface area (Å²) in [5, 5.41) is 9.21. The van der Waals surface area contributed by atoms with Gasteiger partial charge in [-0.05, 0) is 17.7 Å². The molecule has 0 saturated carbocycles. The predicted molar refractivity (Wildman–Crippen MR) is 62.4 cm³/mol. The molecule has 0 radical (unpaired) electrons. The Labute approximate surface area is 96.5 Å². The van der Waals surface area contributed by atoms with E-state index in [9.17, 15) is 4.79 Å². The van der Waals surface area contributed by atoms with Gasteiger partial charge in [0.25, 0.3) is 0 Å². The molecule has 15 heavy (non-hydrogen) atoms. The van der Waals surface area contributed by atoms with Gasteiger partial charge < -0.3 is 9.84 Å². The molecule has 0 heterocycles.